The first-order valence-corrected chi connectivity index (χ1v) is 5.69. The number of carbonyl (C=O) groups excluding carboxylic acids is 2. The summed E-state index contributed by atoms with van der Waals surface area (Å²) in [7, 11) is 0. The Kier molecular flexibility index (Phi) is 3.73. The zero-order valence-electron chi connectivity index (χ0n) is 9.89. The van der Waals surface area contributed by atoms with E-state index in [1.54, 1.807) is 0 Å². The fourth-order valence-corrected chi connectivity index (χ4v) is 2.11. The lowest BCUT2D eigenvalue weighted by molar-refractivity contribution is -0.129. The molecule has 0 spiro atoms. The van der Waals surface area contributed by atoms with Crippen molar-refractivity contribution >= 4 is 11.9 Å². The summed E-state index contributed by atoms with van der Waals surface area (Å²) in [6, 6.07) is -0.758. The molecule has 5 unspecified atom stereocenters. The highest BCUT2D eigenvalue weighted by Crippen LogP contribution is 2.26. The number of amides is 3. The van der Waals surface area contributed by atoms with Gasteiger partial charge in [-0.15, -0.1) is 6.42 Å². The van der Waals surface area contributed by atoms with E-state index >= 15 is 0 Å². The summed E-state index contributed by atoms with van der Waals surface area (Å²) >= 11 is 0. The summed E-state index contributed by atoms with van der Waals surface area (Å²) in [5, 5.41) is 30.4. The van der Waals surface area contributed by atoms with Gasteiger partial charge in [0.2, 0.25) is 5.91 Å². The standard InChI is InChI=1S/C11H14N2O6/c1-2-5-3-13(11(18)12-9(5)17)10-8(16)7(15)6(4-14)19-10/h1,5-8,10,14-16H,3-4H2,(H,12,17,18). The number of ether oxygens (including phenoxy) is 1. The highest BCUT2D eigenvalue weighted by Gasteiger charge is 2.48. The number of terminal acetylenes is 1. The number of aliphatic hydroxyl groups excluding tert-OH is 3. The van der Waals surface area contributed by atoms with Crippen LogP contribution in [0.3, 0.4) is 0 Å². The molecule has 0 radical (unpaired) electrons. The molecule has 0 aromatic carbocycles. The SMILES string of the molecule is C#CC1CN(C2OC(CO)C(O)C2O)C(=O)NC1=O. The first-order chi connectivity index (χ1) is 8.99. The van der Waals surface area contributed by atoms with Crippen molar-refractivity contribution < 1.29 is 29.6 Å². The van der Waals surface area contributed by atoms with Gasteiger partial charge < -0.3 is 20.1 Å². The molecule has 2 rings (SSSR count). The minimum absolute atomic E-state index is 0.117. The lowest BCUT2D eigenvalue weighted by Gasteiger charge is -2.35. The summed E-state index contributed by atoms with van der Waals surface area (Å²) in [5.41, 5.74) is 0. The van der Waals surface area contributed by atoms with Crippen molar-refractivity contribution in [2.45, 2.75) is 24.5 Å². The summed E-state index contributed by atoms with van der Waals surface area (Å²) in [6.45, 7) is -0.616. The Morgan fingerprint density at radius 2 is 2.11 bits per heavy atom. The molecule has 0 aromatic heterocycles. The van der Waals surface area contributed by atoms with E-state index in [0.29, 0.717) is 0 Å². The molecule has 19 heavy (non-hydrogen) atoms. The molecule has 3 amide bonds. The lowest BCUT2D eigenvalue weighted by Crippen LogP contribution is -2.59. The Bertz CT molecular complexity index is 433. The van der Waals surface area contributed by atoms with E-state index < -0.39 is 49.0 Å². The topological polar surface area (TPSA) is 119 Å². The molecule has 2 heterocycles. The third-order valence-electron chi connectivity index (χ3n) is 3.21. The molecule has 2 aliphatic rings. The quantitative estimate of drug-likeness (QED) is 0.403. The van der Waals surface area contributed by atoms with Crippen LogP contribution in [0.1, 0.15) is 0 Å². The van der Waals surface area contributed by atoms with Gasteiger partial charge in [0.25, 0.3) is 0 Å². The third-order valence-corrected chi connectivity index (χ3v) is 3.21. The van der Waals surface area contributed by atoms with Crippen molar-refractivity contribution in [2.24, 2.45) is 5.92 Å². The number of nitrogens with zero attached hydrogens (tertiary/aromatic N) is 1. The van der Waals surface area contributed by atoms with Crippen LogP contribution in [0, 0.1) is 18.3 Å². The van der Waals surface area contributed by atoms with Crippen molar-refractivity contribution in [3.8, 4) is 12.3 Å². The maximum atomic E-state index is 11.7. The van der Waals surface area contributed by atoms with E-state index in [2.05, 4.69) is 5.92 Å². The van der Waals surface area contributed by atoms with Crippen LogP contribution in [0.5, 0.6) is 0 Å². The van der Waals surface area contributed by atoms with Gasteiger partial charge >= 0.3 is 6.03 Å². The van der Waals surface area contributed by atoms with Crippen LogP contribution in [0.25, 0.3) is 0 Å². The van der Waals surface area contributed by atoms with Gasteiger partial charge in [0.1, 0.15) is 24.2 Å². The molecule has 0 aliphatic carbocycles. The summed E-state index contributed by atoms with van der Waals surface area (Å²) in [5.74, 6) is 0.788. The molecule has 0 saturated carbocycles. The van der Waals surface area contributed by atoms with Crippen LogP contribution in [-0.4, -0.2) is 69.8 Å². The Balaban J connectivity index is 2.15. The number of rotatable bonds is 2. The van der Waals surface area contributed by atoms with E-state index in [-0.39, 0.29) is 6.54 Å². The Hall–Kier alpha value is -1.66. The van der Waals surface area contributed by atoms with Crippen molar-refractivity contribution in [3.63, 3.8) is 0 Å². The fraction of sp³-hybridized carbons (Fsp3) is 0.636. The Morgan fingerprint density at radius 3 is 2.63 bits per heavy atom. The molecule has 5 atom stereocenters. The van der Waals surface area contributed by atoms with Crippen LogP contribution in [-0.2, 0) is 9.53 Å². The number of carbonyl (C=O) groups is 2. The second kappa shape index (κ2) is 5.14. The normalized spacial score (nSPS) is 39.1. The fourth-order valence-electron chi connectivity index (χ4n) is 2.11. The molecule has 4 N–H and O–H groups in total. The van der Waals surface area contributed by atoms with Crippen LogP contribution in [0.2, 0.25) is 0 Å². The first-order valence-electron chi connectivity index (χ1n) is 5.69. The molecule has 8 nitrogen and oxygen atoms in total. The molecule has 104 valence electrons. The van der Waals surface area contributed by atoms with Crippen LogP contribution < -0.4 is 5.32 Å². The van der Waals surface area contributed by atoms with E-state index in [1.807, 2.05) is 5.32 Å². The molecular weight excluding hydrogens is 256 g/mol. The van der Waals surface area contributed by atoms with Gasteiger partial charge in [-0.3, -0.25) is 15.0 Å². The zero-order chi connectivity index (χ0) is 14.2. The number of hydrogen-bond donors (Lipinski definition) is 4. The van der Waals surface area contributed by atoms with E-state index in [9.17, 15) is 19.8 Å². The highest BCUT2D eigenvalue weighted by molar-refractivity contribution is 5.99. The van der Waals surface area contributed by atoms with Crippen molar-refractivity contribution in [1.82, 2.24) is 10.2 Å². The van der Waals surface area contributed by atoms with Crippen molar-refractivity contribution in [1.29, 1.82) is 0 Å². The number of nitrogens with one attached hydrogen (secondary N) is 1. The predicted molar refractivity (Wildman–Crippen MR) is 60.3 cm³/mol. The molecular formula is C11H14N2O6. The first kappa shape index (κ1) is 13.8. The maximum absolute atomic E-state index is 11.7. The van der Waals surface area contributed by atoms with Crippen molar-refractivity contribution in [2.75, 3.05) is 13.2 Å². The number of urea groups is 1. The summed E-state index contributed by atoms with van der Waals surface area (Å²) in [6.07, 6.45) is 0.331. The predicted octanol–water partition coefficient (Wildman–Crippen LogP) is -2.77. The second-order valence-corrected chi connectivity index (χ2v) is 4.39. The van der Waals surface area contributed by atoms with Crippen LogP contribution >= 0.6 is 0 Å². The van der Waals surface area contributed by atoms with Crippen molar-refractivity contribution in [3.05, 3.63) is 0 Å². The number of aliphatic hydroxyl groups is 3. The average Bonchev–Trinajstić information content (AvgIpc) is 2.67. The zero-order valence-corrected chi connectivity index (χ0v) is 9.89. The number of hydrogen-bond acceptors (Lipinski definition) is 6. The maximum Gasteiger partial charge on any atom is 0.326 e. The summed E-state index contributed by atoms with van der Waals surface area (Å²) < 4.78 is 5.21. The van der Waals surface area contributed by atoms with Gasteiger partial charge in [0.05, 0.1) is 6.61 Å². The van der Waals surface area contributed by atoms with Gasteiger partial charge in [-0.1, -0.05) is 5.92 Å². The van der Waals surface area contributed by atoms with Gasteiger partial charge in [-0.05, 0) is 0 Å². The van der Waals surface area contributed by atoms with Crippen LogP contribution in [0.4, 0.5) is 4.79 Å². The van der Waals surface area contributed by atoms with Gasteiger partial charge in [0, 0.05) is 6.54 Å². The van der Waals surface area contributed by atoms with E-state index in [1.165, 1.54) is 0 Å². The Labute approximate surface area is 109 Å². The monoisotopic (exact) mass is 270 g/mol. The minimum Gasteiger partial charge on any atom is -0.394 e. The number of imide groups is 1. The van der Waals surface area contributed by atoms with Crippen LogP contribution in [0.15, 0.2) is 0 Å². The Morgan fingerprint density at radius 1 is 1.42 bits per heavy atom. The molecule has 2 aliphatic heterocycles. The minimum atomic E-state index is -1.38. The largest absolute Gasteiger partial charge is 0.394 e. The van der Waals surface area contributed by atoms with Gasteiger partial charge in [-0.2, -0.15) is 0 Å². The highest BCUT2D eigenvalue weighted by atomic mass is 16.6. The molecule has 0 aromatic rings. The average molecular weight is 270 g/mol. The third kappa shape index (κ3) is 2.29. The smallest absolute Gasteiger partial charge is 0.326 e. The molecule has 8 heteroatoms. The second-order valence-electron chi connectivity index (χ2n) is 4.39. The van der Waals surface area contributed by atoms with E-state index in [0.717, 1.165) is 4.90 Å². The molecule has 2 fully saturated rings. The lowest BCUT2D eigenvalue weighted by atomic mass is 10.1. The summed E-state index contributed by atoms with van der Waals surface area (Å²) in [4.78, 5) is 24.1. The van der Waals surface area contributed by atoms with Gasteiger partial charge in [-0.25, -0.2) is 4.79 Å². The van der Waals surface area contributed by atoms with Gasteiger partial charge in [0.15, 0.2) is 6.23 Å². The van der Waals surface area contributed by atoms with E-state index in [4.69, 9.17) is 16.3 Å². The molecule has 2 saturated heterocycles. The molecule has 0 bridgehead atoms.